The predicted octanol–water partition coefficient (Wildman–Crippen LogP) is 0.529. The highest BCUT2D eigenvalue weighted by Gasteiger charge is 2.22. The zero-order valence-corrected chi connectivity index (χ0v) is 11.5. The molecule has 0 saturated carbocycles. The summed E-state index contributed by atoms with van der Waals surface area (Å²) < 4.78 is 5.13. The molecule has 1 aliphatic rings. The summed E-state index contributed by atoms with van der Waals surface area (Å²) in [7, 11) is 0. The molecule has 1 amide bonds. The number of hydrogen-bond donors (Lipinski definition) is 3. The van der Waals surface area contributed by atoms with E-state index in [4.69, 9.17) is 15.4 Å². The van der Waals surface area contributed by atoms with Crippen LogP contribution in [-0.2, 0) is 0 Å². The summed E-state index contributed by atoms with van der Waals surface area (Å²) in [6.07, 6.45) is 3.17. The summed E-state index contributed by atoms with van der Waals surface area (Å²) in [5.74, 6) is 0.835. The second kappa shape index (κ2) is 6.42. The quantitative estimate of drug-likeness (QED) is 0.323. The summed E-state index contributed by atoms with van der Waals surface area (Å²) >= 11 is 0. The first kappa shape index (κ1) is 14.4. The van der Waals surface area contributed by atoms with E-state index in [1.54, 1.807) is 6.07 Å². The van der Waals surface area contributed by atoms with Crippen LogP contribution in [0.2, 0.25) is 0 Å². The number of nitrogens with one attached hydrogen (secondary N) is 1. The number of amidine groups is 1. The summed E-state index contributed by atoms with van der Waals surface area (Å²) in [5.41, 5.74) is 6.03. The third-order valence-electron chi connectivity index (χ3n) is 3.43. The van der Waals surface area contributed by atoms with Gasteiger partial charge in [0.15, 0.2) is 5.84 Å². The first-order valence-electron chi connectivity index (χ1n) is 6.63. The van der Waals surface area contributed by atoms with Crippen molar-refractivity contribution >= 4 is 11.7 Å². The molecule has 20 heavy (non-hydrogen) atoms. The van der Waals surface area contributed by atoms with E-state index in [9.17, 15) is 4.79 Å². The highest BCUT2D eigenvalue weighted by atomic mass is 16.4. The number of rotatable bonds is 4. The lowest BCUT2D eigenvalue weighted by Crippen LogP contribution is -2.46. The van der Waals surface area contributed by atoms with Crippen molar-refractivity contribution in [3.05, 3.63) is 23.7 Å². The van der Waals surface area contributed by atoms with Crippen LogP contribution in [0.1, 0.15) is 29.0 Å². The van der Waals surface area contributed by atoms with Crippen molar-refractivity contribution < 1.29 is 14.4 Å². The van der Waals surface area contributed by atoms with Crippen molar-refractivity contribution in [3.63, 3.8) is 0 Å². The maximum Gasteiger partial charge on any atom is 0.254 e. The molecular formula is C13H20N4O3. The Hall–Kier alpha value is -2.02. The molecule has 0 radical (unpaired) electrons. The highest BCUT2D eigenvalue weighted by molar-refractivity contribution is 5.94. The van der Waals surface area contributed by atoms with Crippen LogP contribution in [0.5, 0.6) is 0 Å². The fraction of sp³-hybridized carbons (Fsp3) is 0.538. The van der Waals surface area contributed by atoms with Crippen LogP contribution >= 0.6 is 0 Å². The lowest BCUT2D eigenvalue weighted by molar-refractivity contribution is 0.0914. The minimum absolute atomic E-state index is 0.100. The van der Waals surface area contributed by atoms with Crippen LogP contribution in [0, 0.1) is 6.92 Å². The molecule has 1 aromatic heterocycles. The van der Waals surface area contributed by atoms with Gasteiger partial charge in [0.1, 0.15) is 12.0 Å². The van der Waals surface area contributed by atoms with Gasteiger partial charge in [-0.05, 0) is 25.8 Å². The summed E-state index contributed by atoms with van der Waals surface area (Å²) in [6.45, 7) is 3.89. The average molecular weight is 280 g/mol. The van der Waals surface area contributed by atoms with Crippen molar-refractivity contribution in [1.29, 1.82) is 0 Å². The number of furan rings is 1. The van der Waals surface area contributed by atoms with Crippen LogP contribution < -0.4 is 11.1 Å². The smallest absolute Gasteiger partial charge is 0.254 e. The van der Waals surface area contributed by atoms with Crippen LogP contribution in [0.4, 0.5) is 0 Å². The van der Waals surface area contributed by atoms with E-state index in [2.05, 4.69) is 15.4 Å². The van der Waals surface area contributed by atoms with Crippen molar-refractivity contribution in [2.75, 3.05) is 19.6 Å². The molecule has 7 nitrogen and oxygen atoms in total. The van der Waals surface area contributed by atoms with E-state index in [-0.39, 0.29) is 17.8 Å². The maximum atomic E-state index is 12.0. The van der Waals surface area contributed by atoms with E-state index in [0.717, 1.165) is 31.7 Å². The van der Waals surface area contributed by atoms with Crippen molar-refractivity contribution in [3.8, 4) is 0 Å². The fourth-order valence-electron chi connectivity index (χ4n) is 2.33. The molecular weight excluding hydrogens is 260 g/mol. The molecule has 0 aliphatic carbocycles. The van der Waals surface area contributed by atoms with Crippen LogP contribution in [0.3, 0.4) is 0 Å². The Morgan fingerprint density at radius 2 is 2.30 bits per heavy atom. The Bertz CT molecular complexity index is 490. The average Bonchev–Trinajstić information content (AvgIpc) is 2.87. The van der Waals surface area contributed by atoms with Crippen molar-refractivity contribution in [1.82, 2.24) is 10.2 Å². The molecule has 0 unspecified atom stereocenters. The number of nitrogens with zero attached hydrogens (tertiary/aromatic N) is 2. The van der Waals surface area contributed by atoms with E-state index in [1.165, 1.54) is 6.26 Å². The number of carbonyl (C=O) groups is 1. The van der Waals surface area contributed by atoms with Gasteiger partial charge in [0, 0.05) is 19.1 Å². The molecule has 1 saturated heterocycles. The Labute approximate surface area is 117 Å². The zero-order chi connectivity index (χ0) is 14.5. The first-order valence-corrected chi connectivity index (χ1v) is 6.63. The Morgan fingerprint density at radius 1 is 1.60 bits per heavy atom. The minimum atomic E-state index is -0.100. The molecule has 0 aromatic carbocycles. The molecule has 7 heteroatoms. The van der Waals surface area contributed by atoms with Gasteiger partial charge in [-0.15, -0.1) is 0 Å². The van der Waals surface area contributed by atoms with Gasteiger partial charge in [0.25, 0.3) is 5.91 Å². The number of nitrogens with two attached hydrogens (primary N) is 1. The van der Waals surface area contributed by atoms with E-state index < -0.39 is 0 Å². The van der Waals surface area contributed by atoms with Gasteiger partial charge in [-0.3, -0.25) is 9.69 Å². The summed E-state index contributed by atoms with van der Waals surface area (Å²) in [4.78, 5) is 14.1. The Kier molecular flexibility index (Phi) is 4.62. The van der Waals surface area contributed by atoms with Crippen molar-refractivity contribution in [2.24, 2.45) is 10.9 Å². The SMILES string of the molecule is Cc1cc(C(=O)NC2CCN(CC(N)=NO)CC2)co1. The lowest BCUT2D eigenvalue weighted by atomic mass is 10.0. The monoisotopic (exact) mass is 280 g/mol. The standard InChI is InChI=1S/C13H20N4O3/c1-9-6-10(8-20-9)13(18)15-11-2-4-17(5-3-11)7-12(14)16-19/h6,8,11,19H,2-5,7H2,1H3,(H2,14,16)(H,15,18). The minimum Gasteiger partial charge on any atom is -0.469 e. The van der Waals surface area contributed by atoms with Crippen LogP contribution in [0.25, 0.3) is 0 Å². The molecule has 0 spiro atoms. The fourth-order valence-corrected chi connectivity index (χ4v) is 2.33. The second-order valence-corrected chi connectivity index (χ2v) is 5.06. The molecule has 0 atom stereocenters. The normalized spacial score (nSPS) is 18.1. The number of aryl methyl sites for hydroxylation is 1. The van der Waals surface area contributed by atoms with Gasteiger partial charge in [-0.25, -0.2) is 0 Å². The number of amides is 1. The third kappa shape index (κ3) is 3.74. The molecule has 4 N–H and O–H groups in total. The number of oxime groups is 1. The van der Waals surface area contributed by atoms with Gasteiger partial charge >= 0.3 is 0 Å². The molecule has 1 aromatic rings. The predicted molar refractivity (Wildman–Crippen MR) is 73.8 cm³/mol. The van der Waals surface area contributed by atoms with Gasteiger partial charge < -0.3 is 20.7 Å². The number of carbonyl (C=O) groups excluding carboxylic acids is 1. The summed E-state index contributed by atoms with van der Waals surface area (Å²) in [5, 5.41) is 14.5. The van der Waals surface area contributed by atoms with E-state index in [0.29, 0.717) is 12.1 Å². The lowest BCUT2D eigenvalue weighted by Gasteiger charge is -2.31. The zero-order valence-electron chi connectivity index (χ0n) is 11.5. The van der Waals surface area contributed by atoms with E-state index in [1.807, 2.05) is 6.92 Å². The number of hydrogen-bond acceptors (Lipinski definition) is 5. The van der Waals surface area contributed by atoms with Crippen LogP contribution in [-0.4, -0.2) is 47.5 Å². The van der Waals surface area contributed by atoms with Crippen molar-refractivity contribution in [2.45, 2.75) is 25.8 Å². The molecule has 1 aliphatic heterocycles. The Balaban J connectivity index is 1.78. The second-order valence-electron chi connectivity index (χ2n) is 5.06. The molecule has 110 valence electrons. The maximum absolute atomic E-state index is 12.0. The van der Waals surface area contributed by atoms with Gasteiger partial charge in [-0.1, -0.05) is 5.16 Å². The topological polar surface area (TPSA) is 104 Å². The highest BCUT2D eigenvalue weighted by Crippen LogP contribution is 2.12. The molecule has 1 fully saturated rings. The summed E-state index contributed by atoms with van der Waals surface area (Å²) in [6, 6.07) is 1.88. The van der Waals surface area contributed by atoms with Gasteiger partial charge in [0.2, 0.25) is 0 Å². The molecule has 0 bridgehead atoms. The van der Waals surface area contributed by atoms with Gasteiger partial charge in [-0.2, -0.15) is 0 Å². The van der Waals surface area contributed by atoms with Crippen LogP contribution in [0.15, 0.2) is 21.9 Å². The number of likely N-dealkylation sites (tertiary alicyclic amines) is 1. The largest absolute Gasteiger partial charge is 0.469 e. The molecule has 2 rings (SSSR count). The number of piperidine rings is 1. The van der Waals surface area contributed by atoms with Gasteiger partial charge in [0.05, 0.1) is 12.1 Å². The molecule has 2 heterocycles. The Morgan fingerprint density at radius 3 is 2.85 bits per heavy atom. The first-order chi connectivity index (χ1) is 9.58. The van der Waals surface area contributed by atoms with E-state index >= 15 is 0 Å². The third-order valence-corrected chi connectivity index (χ3v) is 3.43.